The van der Waals surface area contributed by atoms with Crippen molar-refractivity contribution in [3.05, 3.63) is 35.4 Å². The average molecular weight is 257 g/mol. The number of halogens is 2. The molecule has 0 radical (unpaired) electrons. The Morgan fingerprint density at radius 2 is 2.06 bits per heavy atom. The summed E-state index contributed by atoms with van der Waals surface area (Å²) in [5.41, 5.74) is -0.391. The van der Waals surface area contributed by atoms with Crippen LogP contribution < -0.4 is 5.32 Å². The molecule has 98 valence electrons. The molecule has 0 spiro atoms. The first kappa shape index (κ1) is 14.1. The summed E-state index contributed by atoms with van der Waals surface area (Å²) >= 11 is 0. The van der Waals surface area contributed by atoms with Crippen LogP contribution in [0.15, 0.2) is 18.2 Å². The molecule has 1 amide bonds. The van der Waals surface area contributed by atoms with E-state index in [0.717, 1.165) is 12.1 Å². The standard InChI is InChI=1S/C12H13F2NO3/c1-7(12(17)18)5-6-15-11(16)8-3-2-4-9(13)10(8)14/h2-4,7H,5-6H2,1H3,(H,15,16)(H,17,18). The molecule has 18 heavy (non-hydrogen) atoms. The number of benzene rings is 1. The number of carboxylic acids is 1. The van der Waals surface area contributed by atoms with Gasteiger partial charge < -0.3 is 10.4 Å². The number of rotatable bonds is 5. The number of carboxylic acid groups (broad SMARTS) is 1. The van der Waals surface area contributed by atoms with Crippen LogP contribution in [0.2, 0.25) is 0 Å². The fourth-order valence-corrected chi connectivity index (χ4v) is 1.30. The Hall–Kier alpha value is -1.98. The predicted molar refractivity (Wildman–Crippen MR) is 60.1 cm³/mol. The SMILES string of the molecule is CC(CCNC(=O)c1cccc(F)c1F)C(=O)O. The highest BCUT2D eigenvalue weighted by Gasteiger charge is 2.15. The van der Waals surface area contributed by atoms with Crippen LogP contribution in [-0.2, 0) is 4.79 Å². The van der Waals surface area contributed by atoms with Crippen LogP contribution in [0.25, 0.3) is 0 Å². The normalized spacial score (nSPS) is 11.9. The lowest BCUT2D eigenvalue weighted by molar-refractivity contribution is -0.141. The molecule has 2 N–H and O–H groups in total. The van der Waals surface area contributed by atoms with Gasteiger partial charge in [-0.2, -0.15) is 0 Å². The zero-order chi connectivity index (χ0) is 13.7. The van der Waals surface area contributed by atoms with E-state index in [9.17, 15) is 18.4 Å². The van der Waals surface area contributed by atoms with Gasteiger partial charge in [-0.25, -0.2) is 8.78 Å². The van der Waals surface area contributed by atoms with Gasteiger partial charge in [-0.05, 0) is 18.6 Å². The molecular weight excluding hydrogens is 244 g/mol. The second-order valence-corrected chi connectivity index (χ2v) is 3.89. The Labute approximate surface area is 103 Å². The monoisotopic (exact) mass is 257 g/mol. The molecule has 6 heteroatoms. The van der Waals surface area contributed by atoms with E-state index in [0.29, 0.717) is 0 Å². The van der Waals surface area contributed by atoms with Crippen LogP contribution in [0.5, 0.6) is 0 Å². The number of hydrogen-bond acceptors (Lipinski definition) is 2. The van der Waals surface area contributed by atoms with E-state index in [-0.39, 0.29) is 13.0 Å². The molecule has 0 fully saturated rings. The highest BCUT2D eigenvalue weighted by molar-refractivity contribution is 5.94. The van der Waals surface area contributed by atoms with Crippen molar-refractivity contribution in [2.75, 3.05) is 6.54 Å². The van der Waals surface area contributed by atoms with Crippen molar-refractivity contribution in [1.29, 1.82) is 0 Å². The molecule has 0 aliphatic carbocycles. The minimum absolute atomic E-state index is 0.0856. The van der Waals surface area contributed by atoms with E-state index >= 15 is 0 Å². The second-order valence-electron chi connectivity index (χ2n) is 3.89. The molecule has 0 saturated carbocycles. The van der Waals surface area contributed by atoms with E-state index in [1.165, 1.54) is 13.0 Å². The van der Waals surface area contributed by atoms with Gasteiger partial charge in [0.2, 0.25) is 0 Å². The Morgan fingerprint density at radius 3 is 2.67 bits per heavy atom. The minimum Gasteiger partial charge on any atom is -0.481 e. The van der Waals surface area contributed by atoms with Crippen molar-refractivity contribution >= 4 is 11.9 Å². The number of carbonyl (C=O) groups is 2. The number of carbonyl (C=O) groups excluding carboxylic acids is 1. The van der Waals surface area contributed by atoms with Gasteiger partial charge in [-0.15, -0.1) is 0 Å². The molecule has 0 heterocycles. The smallest absolute Gasteiger partial charge is 0.306 e. The number of hydrogen-bond donors (Lipinski definition) is 2. The number of aliphatic carboxylic acids is 1. The Balaban J connectivity index is 2.56. The van der Waals surface area contributed by atoms with E-state index in [1.54, 1.807) is 0 Å². The average Bonchev–Trinajstić information content (AvgIpc) is 2.32. The Kier molecular flexibility index (Phi) is 4.76. The molecule has 4 nitrogen and oxygen atoms in total. The van der Waals surface area contributed by atoms with Crippen LogP contribution in [0.1, 0.15) is 23.7 Å². The van der Waals surface area contributed by atoms with Crippen molar-refractivity contribution in [2.24, 2.45) is 5.92 Å². The summed E-state index contributed by atoms with van der Waals surface area (Å²) in [6, 6.07) is 3.31. The fourth-order valence-electron chi connectivity index (χ4n) is 1.30. The summed E-state index contributed by atoms with van der Waals surface area (Å²) in [5, 5.41) is 11.0. The molecule has 1 atom stereocenters. The summed E-state index contributed by atoms with van der Waals surface area (Å²) in [6.45, 7) is 1.58. The highest BCUT2D eigenvalue weighted by Crippen LogP contribution is 2.11. The Morgan fingerprint density at radius 1 is 1.39 bits per heavy atom. The van der Waals surface area contributed by atoms with E-state index in [2.05, 4.69) is 5.32 Å². The van der Waals surface area contributed by atoms with Gasteiger partial charge in [-0.3, -0.25) is 9.59 Å². The van der Waals surface area contributed by atoms with Crippen LogP contribution in [-0.4, -0.2) is 23.5 Å². The summed E-state index contributed by atoms with van der Waals surface area (Å²) in [5.74, 6) is -4.64. The van der Waals surface area contributed by atoms with Crippen molar-refractivity contribution in [3.8, 4) is 0 Å². The minimum atomic E-state index is -1.21. The summed E-state index contributed by atoms with van der Waals surface area (Å²) in [4.78, 5) is 22.0. The second kappa shape index (κ2) is 6.09. The van der Waals surface area contributed by atoms with Gasteiger partial charge in [0.25, 0.3) is 5.91 Å². The molecule has 1 rings (SSSR count). The number of nitrogens with one attached hydrogen (secondary N) is 1. The van der Waals surface area contributed by atoms with Crippen LogP contribution in [0.4, 0.5) is 8.78 Å². The van der Waals surface area contributed by atoms with Crippen LogP contribution >= 0.6 is 0 Å². The molecular formula is C12H13F2NO3. The topological polar surface area (TPSA) is 66.4 Å². The maximum absolute atomic E-state index is 13.2. The molecule has 0 saturated heterocycles. The summed E-state index contributed by atoms with van der Waals surface area (Å²) in [7, 11) is 0. The van der Waals surface area contributed by atoms with Gasteiger partial charge in [-0.1, -0.05) is 13.0 Å². The molecule has 0 aliphatic rings. The van der Waals surface area contributed by atoms with Crippen molar-refractivity contribution in [1.82, 2.24) is 5.32 Å². The molecule has 0 aromatic heterocycles. The zero-order valence-electron chi connectivity index (χ0n) is 9.74. The van der Waals surface area contributed by atoms with Crippen molar-refractivity contribution in [3.63, 3.8) is 0 Å². The zero-order valence-corrected chi connectivity index (χ0v) is 9.74. The van der Waals surface area contributed by atoms with Crippen molar-refractivity contribution < 1.29 is 23.5 Å². The quantitative estimate of drug-likeness (QED) is 0.845. The Bertz CT molecular complexity index is 463. The van der Waals surface area contributed by atoms with Crippen LogP contribution in [0.3, 0.4) is 0 Å². The van der Waals surface area contributed by atoms with E-state index in [1.807, 2.05) is 0 Å². The van der Waals surface area contributed by atoms with Gasteiger partial charge >= 0.3 is 5.97 Å². The van der Waals surface area contributed by atoms with E-state index in [4.69, 9.17) is 5.11 Å². The first-order valence-corrected chi connectivity index (χ1v) is 5.38. The van der Waals surface area contributed by atoms with Crippen molar-refractivity contribution in [2.45, 2.75) is 13.3 Å². The molecule has 0 aliphatic heterocycles. The highest BCUT2D eigenvalue weighted by atomic mass is 19.2. The lowest BCUT2D eigenvalue weighted by Crippen LogP contribution is -2.28. The van der Waals surface area contributed by atoms with Gasteiger partial charge in [0.05, 0.1) is 11.5 Å². The maximum Gasteiger partial charge on any atom is 0.306 e. The summed E-state index contributed by atoms with van der Waals surface area (Å²) in [6.07, 6.45) is 0.220. The predicted octanol–water partition coefficient (Wildman–Crippen LogP) is 1.81. The molecule has 1 aromatic carbocycles. The maximum atomic E-state index is 13.2. The molecule has 1 unspecified atom stereocenters. The fraction of sp³-hybridized carbons (Fsp3) is 0.333. The molecule has 0 bridgehead atoms. The third-order valence-corrected chi connectivity index (χ3v) is 2.48. The van der Waals surface area contributed by atoms with Gasteiger partial charge in [0.1, 0.15) is 0 Å². The van der Waals surface area contributed by atoms with Gasteiger partial charge in [0, 0.05) is 6.54 Å². The first-order chi connectivity index (χ1) is 8.43. The third kappa shape index (κ3) is 3.51. The first-order valence-electron chi connectivity index (χ1n) is 5.38. The lowest BCUT2D eigenvalue weighted by Gasteiger charge is -2.08. The number of amides is 1. The largest absolute Gasteiger partial charge is 0.481 e. The van der Waals surface area contributed by atoms with Crippen LogP contribution in [0, 0.1) is 17.6 Å². The van der Waals surface area contributed by atoms with E-state index < -0.39 is 35.0 Å². The van der Waals surface area contributed by atoms with Gasteiger partial charge in [0.15, 0.2) is 11.6 Å². The molecule has 1 aromatic rings. The third-order valence-electron chi connectivity index (χ3n) is 2.48. The summed E-state index contributed by atoms with van der Waals surface area (Å²) < 4.78 is 26.1. The lowest BCUT2D eigenvalue weighted by atomic mass is 10.1.